The summed E-state index contributed by atoms with van der Waals surface area (Å²) in [6.07, 6.45) is 0. The molecule has 36 heavy (non-hydrogen) atoms. The summed E-state index contributed by atoms with van der Waals surface area (Å²) in [5, 5.41) is 10.5. The molecule has 0 amide bonds. The Morgan fingerprint density at radius 3 is 1.50 bits per heavy atom. The molecule has 0 N–H and O–H groups in total. The van der Waals surface area contributed by atoms with Gasteiger partial charge in [-0.1, -0.05) is 83.9 Å². The number of rotatable bonds is 3. The van der Waals surface area contributed by atoms with Crippen LogP contribution in [0.1, 0.15) is 47.1 Å². The molecule has 0 bridgehead atoms. The summed E-state index contributed by atoms with van der Waals surface area (Å²) in [5.74, 6) is 3.74. The first-order valence-corrected chi connectivity index (χ1v) is 17.2. The second kappa shape index (κ2) is 9.92. The van der Waals surface area contributed by atoms with Gasteiger partial charge in [0, 0.05) is 12.7 Å². The number of hydrogen-bond acceptors (Lipinski definition) is 0. The van der Waals surface area contributed by atoms with Crippen molar-refractivity contribution in [1.29, 1.82) is 0 Å². The summed E-state index contributed by atoms with van der Waals surface area (Å²) < 4.78 is 2.65. The van der Waals surface area contributed by atoms with Crippen LogP contribution in [0.3, 0.4) is 0 Å². The molecule has 0 unspecified atom stereocenters. The monoisotopic (exact) mass is 710 g/mol. The normalized spacial score (nSPS) is 12.4. The van der Waals surface area contributed by atoms with Crippen molar-refractivity contribution in [3.05, 3.63) is 79.4 Å². The van der Waals surface area contributed by atoms with E-state index in [9.17, 15) is 0 Å². The van der Waals surface area contributed by atoms with Gasteiger partial charge in [-0.3, -0.25) is 0 Å². The standard InChI is InChI=1S/C33H32I2Si/c1-20(2)36(21(3)4,22(5)6)15-14-23-12-9-13-26-18-30-31(19-27(23)26)33(35)29-17-25-11-8-7-10-24(25)16-28(29)32(30)34/h7-13,16-22H,1-6H3. The molecule has 3 heteroatoms. The second-order valence-corrected chi connectivity index (χ2v) is 18.7. The van der Waals surface area contributed by atoms with Crippen molar-refractivity contribution in [3.8, 4) is 11.5 Å². The van der Waals surface area contributed by atoms with Gasteiger partial charge in [-0.05, 0) is 135 Å². The zero-order valence-electron chi connectivity index (χ0n) is 21.8. The molecule has 0 atom stereocenters. The summed E-state index contributed by atoms with van der Waals surface area (Å²) in [5.41, 5.74) is 7.00. The minimum atomic E-state index is -1.80. The summed E-state index contributed by atoms with van der Waals surface area (Å²) in [6, 6.07) is 24.8. The Balaban J connectivity index is 1.80. The summed E-state index contributed by atoms with van der Waals surface area (Å²) in [6.45, 7) is 14.3. The van der Waals surface area contributed by atoms with Crippen molar-refractivity contribution in [2.45, 2.75) is 58.2 Å². The van der Waals surface area contributed by atoms with Crippen LogP contribution in [-0.4, -0.2) is 8.07 Å². The Labute approximate surface area is 243 Å². The highest BCUT2D eigenvalue weighted by Crippen LogP contribution is 2.42. The van der Waals surface area contributed by atoms with E-state index >= 15 is 0 Å². The van der Waals surface area contributed by atoms with Gasteiger partial charge in [0.1, 0.15) is 8.07 Å². The van der Waals surface area contributed by atoms with E-state index in [-0.39, 0.29) is 0 Å². The molecule has 0 fully saturated rings. The van der Waals surface area contributed by atoms with E-state index in [1.807, 2.05) is 0 Å². The summed E-state index contributed by atoms with van der Waals surface area (Å²) in [4.78, 5) is 0. The molecule has 5 aromatic rings. The fourth-order valence-electron chi connectivity index (χ4n) is 6.30. The lowest BCUT2D eigenvalue weighted by Gasteiger charge is -2.38. The van der Waals surface area contributed by atoms with E-state index in [1.165, 1.54) is 50.2 Å². The number of fused-ring (bicyclic) bond motifs is 4. The van der Waals surface area contributed by atoms with Gasteiger partial charge in [0.05, 0.1) is 0 Å². The molecule has 0 saturated carbocycles. The van der Waals surface area contributed by atoms with Crippen molar-refractivity contribution < 1.29 is 0 Å². The van der Waals surface area contributed by atoms with E-state index in [1.54, 1.807) is 0 Å². The average Bonchev–Trinajstić information content (AvgIpc) is 2.85. The van der Waals surface area contributed by atoms with Gasteiger partial charge in [0.2, 0.25) is 0 Å². The lowest BCUT2D eigenvalue weighted by molar-refractivity contribution is 0.838. The van der Waals surface area contributed by atoms with Crippen LogP contribution >= 0.6 is 45.2 Å². The summed E-state index contributed by atoms with van der Waals surface area (Å²) >= 11 is 5.11. The molecule has 182 valence electrons. The molecular weight excluding hydrogens is 678 g/mol. The molecule has 0 nitrogen and oxygen atoms in total. The van der Waals surface area contributed by atoms with Gasteiger partial charge in [-0.2, -0.15) is 0 Å². The lowest BCUT2D eigenvalue weighted by Crippen LogP contribution is -2.43. The Kier molecular flexibility index (Phi) is 7.17. The fourth-order valence-corrected chi connectivity index (χ4v) is 13.3. The predicted octanol–water partition coefficient (Wildman–Crippen LogP) is 11.1. The molecule has 0 aliphatic rings. The van der Waals surface area contributed by atoms with Gasteiger partial charge in [0.25, 0.3) is 0 Å². The molecule has 0 saturated heterocycles. The maximum absolute atomic E-state index is 3.95. The minimum Gasteiger partial charge on any atom is -0.125 e. The first-order chi connectivity index (χ1) is 17.1. The Bertz CT molecular complexity index is 1680. The molecule has 0 spiro atoms. The third kappa shape index (κ3) is 4.18. The van der Waals surface area contributed by atoms with Crippen LogP contribution in [0.25, 0.3) is 43.1 Å². The third-order valence-electron chi connectivity index (χ3n) is 8.13. The van der Waals surface area contributed by atoms with E-state index in [4.69, 9.17) is 0 Å². The zero-order chi connectivity index (χ0) is 25.8. The van der Waals surface area contributed by atoms with Crippen molar-refractivity contribution in [2.75, 3.05) is 0 Å². The number of hydrogen-bond donors (Lipinski definition) is 0. The maximum atomic E-state index is 3.95. The topological polar surface area (TPSA) is 0 Å². The van der Waals surface area contributed by atoms with E-state index in [0.717, 1.165) is 5.56 Å². The highest BCUT2D eigenvalue weighted by atomic mass is 127. The maximum Gasteiger partial charge on any atom is 0.146 e. The van der Waals surface area contributed by atoms with Gasteiger partial charge in [-0.15, -0.1) is 5.54 Å². The second-order valence-electron chi connectivity index (χ2n) is 10.9. The van der Waals surface area contributed by atoms with E-state index < -0.39 is 8.07 Å². The molecule has 5 aromatic carbocycles. The molecule has 0 aliphatic heterocycles. The highest BCUT2D eigenvalue weighted by Gasteiger charge is 2.41. The SMILES string of the molecule is CC(C)[Si](C#Cc1cccc2cc3c(I)c4cc5ccccc5cc4c(I)c3cc12)(C(C)C)C(C)C. The van der Waals surface area contributed by atoms with Crippen LogP contribution in [0, 0.1) is 18.6 Å². The first kappa shape index (κ1) is 26.0. The summed E-state index contributed by atoms with van der Waals surface area (Å²) in [7, 11) is -1.80. The largest absolute Gasteiger partial charge is 0.146 e. The van der Waals surface area contributed by atoms with Crippen LogP contribution in [0.5, 0.6) is 0 Å². The van der Waals surface area contributed by atoms with Crippen LogP contribution in [0.4, 0.5) is 0 Å². The fraction of sp³-hybridized carbons (Fsp3) is 0.273. The van der Waals surface area contributed by atoms with Gasteiger partial charge < -0.3 is 0 Å². The number of halogens is 2. The average molecular weight is 711 g/mol. The Hall–Kier alpha value is -1.62. The number of benzene rings is 5. The van der Waals surface area contributed by atoms with Gasteiger partial charge in [-0.25, -0.2) is 0 Å². The van der Waals surface area contributed by atoms with Crippen molar-refractivity contribution in [3.63, 3.8) is 0 Å². The van der Waals surface area contributed by atoms with Crippen LogP contribution in [0.2, 0.25) is 16.6 Å². The smallest absolute Gasteiger partial charge is 0.125 e. The van der Waals surface area contributed by atoms with Crippen molar-refractivity contribution in [2.24, 2.45) is 0 Å². The van der Waals surface area contributed by atoms with Crippen molar-refractivity contribution >= 4 is 96.3 Å². The van der Waals surface area contributed by atoms with Gasteiger partial charge in [0.15, 0.2) is 0 Å². The van der Waals surface area contributed by atoms with E-state index in [0.29, 0.717) is 16.6 Å². The van der Waals surface area contributed by atoms with Gasteiger partial charge >= 0.3 is 0 Å². The molecule has 5 rings (SSSR count). The quantitative estimate of drug-likeness (QED) is 0.0757. The molecule has 0 aliphatic carbocycles. The van der Waals surface area contributed by atoms with Crippen LogP contribution in [0.15, 0.2) is 66.7 Å². The third-order valence-corrected chi connectivity index (χ3v) is 16.7. The Morgan fingerprint density at radius 1 is 0.556 bits per heavy atom. The highest BCUT2D eigenvalue weighted by molar-refractivity contribution is 14.1. The van der Waals surface area contributed by atoms with Crippen LogP contribution < -0.4 is 0 Å². The van der Waals surface area contributed by atoms with Crippen molar-refractivity contribution in [1.82, 2.24) is 0 Å². The first-order valence-electron chi connectivity index (χ1n) is 12.8. The lowest BCUT2D eigenvalue weighted by atomic mass is 9.96. The van der Waals surface area contributed by atoms with Crippen LogP contribution in [-0.2, 0) is 0 Å². The van der Waals surface area contributed by atoms with E-state index in [2.05, 4.69) is 165 Å². The molecule has 0 radical (unpaired) electrons. The molecule has 0 heterocycles. The molecule has 0 aromatic heterocycles. The zero-order valence-corrected chi connectivity index (χ0v) is 27.2. The predicted molar refractivity (Wildman–Crippen MR) is 180 cm³/mol. The minimum absolute atomic E-state index is 0.629. The molecular formula is C33H32I2Si. The Morgan fingerprint density at radius 2 is 1.00 bits per heavy atom.